The van der Waals surface area contributed by atoms with E-state index < -0.39 is 6.10 Å². The average Bonchev–Trinajstić information content (AvgIpc) is 2.16. The third-order valence-corrected chi connectivity index (χ3v) is 1.92. The van der Waals surface area contributed by atoms with Crippen LogP contribution in [0.15, 0.2) is 0 Å². The zero-order valence-corrected chi connectivity index (χ0v) is 8.32. The van der Waals surface area contributed by atoms with E-state index in [0.717, 1.165) is 26.4 Å². The molecule has 2 atom stereocenters. The number of hydrogen-bond acceptors (Lipinski definition) is 3. The Hall–Kier alpha value is -0.120. The SMILES string of the molecule is CCCC(CC)C(O)CO.CO. The van der Waals surface area contributed by atoms with Gasteiger partial charge in [0, 0.05) is 7.11 Å². The molecule has 0 rings (SSSR count). The lowest BCUT2D eigenvalue weighted by Gasteiger charge is -2.18. The fraction of sp³-hybridized carbons (Fsp3) is 1.00. The number of hydrogen-bond donors (Lipinski definition) is 3. The minimum absolute atomic E-state index is 0.0987. The Balaban J connectivity index is 0. The Bertz CT molecular complexity index is 76.2. The standard InChI is InChI=1S/C8H18O2.CH4O/c1-3-5-7(4-2)8(10)6-9;1-2/h7-10H,3-6H2,1-2H3;2H,1H3. The van der Waals surface area contributed by atoms with Gasteiger partial charge < -0.3 is 15.3 Å². The normalized spacial score (nSPS) is 14.5. The van der Waals surface area contributed by atoms with Gasteiger partial charge in [-0.15, -0.1) is 0 Å². The molecule has 0 aromatic carbocycles. The Morgan fingerprint density at radius 2 is 1.67 bits per heavy atom. The molecule has 0 aliphatic carbocycles. The second-order valence-corrected chi connectivity index (χ2v) is 2.71. The fourth-order valence-electron chi connectivity index (χ4n) is 1.19. The van der Waals surface area contributed by atoms with Crippen molar-refractivity contribution in [3.05, 3.63) is 0 Å². The van der Waals surface area contributed by atoms with Gasteiger partial charge in [-0.2, -0.15) is 0 Å². The molecular weight excluding hydrogens is 156 g/mol. The molecule has 0 amide bonds. The second-order valence-electron chi connectivity index (χ2n) is 2.71. The first-order chi connectivity index (χ1) is 5.76. The third kappa shape index (κ3) is 6.58. The van der Waals surface area contributed by atoms with E-state index in [1.807, 2.05) is 6.92 Å². The van der Waals surface area contributed by atoms with Crippen LogP contribution in [0, 0.1) is 5.92 Å². The Kier molecular flexibility index (Phi) is 13.1. The Morgan fingerprint density at radius 3 is 1.92 bits per heavy atom. The van der Waals surface area contributed by atoms with Crippen LogP contribution in [0.3, 0.4) is 0 Å². The highest BCUT2D eigenvalue weighted by Crippen LogP contribution is 2.14. The van der Waals surface area contributed by atoms with Crippen molar-refractivity contribution in [1.82, 2.24) is 0 Å². The van der Waals surface area contributed by atoms with Gasteiger partial charge in [-0.25, -0.2) is 0 Å². The molecule has 76 valence electrons. The van der Waals surface area contributed by atoms with Crippen molar-refractivity contribution in [1.29, 1.82) is 0 Å². The third-order valence-electron chi connectivity index (χ3n) is 1.92. The monoisotopic (exact) mass is 178 g/mol. The largest absolute Gasteiger partial charge is 0.400 e. The van der Waals surface area contributed by atoms with Crippen LogP contribution in [-0.2, 0) is 0 Å². The summed E-state index contributed by atoms with van der Waals surface area (Å²) in [6.45, 7) is 4.03. The van der Waals surface area contributed by atoms with Gasteiger partial charge >= 0.3 is 0 Å². The summed E-state index contributed by atoms with van der Waals surface area (Å²) in [5.74, 6) is 0.287. The fourth-order valence-corrected chi connectivity index (χ4v) is 1.19. The summed E-state index contributed by atoms with van der Waals surface area (Å²) >= 11 is 0. The molecule has 0 bridgehead atoms. The van der Waals surface area contributed by atoms with Crippen molar-refractivity contribution in [2.24, 2.45) is 5.92 Å². The molecule has 3 nitrogen and oxygen atoms in total. The van der Waals surface area contributed by atoms with Crippen LogP contribution in [0.4, 0.5) is 0 Å². The summed E-state index contributed by atoms with van der Waals surface area (Å²) in [7, 11) is 1.00. The molecule has 0 heterocycles. The van der Waals surface area contributed by atoms with Crippen LogP contribution in [0.2, 0.25) is 0 Å². The van der Waals surface area contributed by atoms with E-state index in [-0.39, 0.29) is 12.5 Å². The maximum Gasteiger partial charge on any atom is 0.0798 e. The lowest BCUT2D eigenvalue weighted by atomic mass is 9.95. The highest BCUT2D eigenvalue weighted by Gasteiger charge is 2.14. The van der Waals surface area contributed by atoms with Gasteiger partial charge in [0.05, 0.1) is 12.7 Å². The van der Waals surface area contributed by atoms with Gasteiger partial charge in [0.1, 0.15) is 0 Å². The topological polar surface area (TPSA) is 60.7 Å². The highest BCUT2D eigenvalue weighted by atomic mass is 16.3. The molecule has 3 heteroatoms. The lowest BCUT2D eigenvalue weighted by molar-refractivity contribution is 0.0419. The van der Waals surface area contributed by atoms with Crippen LogP contribution in [-0.4, -0.2) is 35.1 Å². The maximum atomic E-state index is 9.20. The molecule has 12 heavy (non-hydrogen) atoms. The molecule has 0 aromatic heterocycles. The van der Waals surface area contributed by atoms with E-state index in [4.69, 9.17) is 10.2 Å². The van der Waals surface area contributed by atoms with Crippen LogP contribution >= 0.6 is 0 Å². The van der Waals surface area contributed by atoms with Crippen LogP contribution < -0.4 is 0 Å². The second kappa shape index (κ2) is 10.9. The van der Waals surface area contributed by atoms with Gasteiger partial charge in [-0.1, -0.05) is 26.7 Å². The predicted molar refractivity (Wildman–Crippen MR) is 49.9 cm³/mol. The van der Waals surface area contributed by atoms with Crippen molar-refractivity contribution in [3.8, 4) is 0 Å². The van der Waals surface area contributed by atoms with Crippen LogP contribution in [0.5, 0.6) is 0 Å². The minimum atomic E-state index is -0.509. The predicted octanol–water partition coefficient (Wildman–Crippen LogP) is 0.774. The van der Waals surface area contributed by atoms with E-state index in [2.05, 4.69) is 6.92 Å². The first-order valence-corrected chi connectivity index (χ1v) is 4.49. The molecule has 2 unspecified atom stereocenters. The van der Waals surface area contributed by atoms with Gasteiger partial charge in [-0.3, -0.25) is 0 Å². The molecule has 0 saturated carbocycles. The molecule has 0 spiro atoms. The van der Waals surface area contributed by atoms with Crippen LogP contribution in [0.1, 0.15) is 33.1 Å². The van der Waals surface area contributed by atoms with E-state index in [9.17, 15) is 5.11 Å². The van der Waals surface area contributed by atoms with Gasteiger partial charge in [0.25, 0.3) is 0 Å². The van der Waals surface area contributed by atoms with Crippen molar-refractivity contribution >= 4 is 0 Å². The first-order valence-electron chi connectivity index (χ1n) is 4.49. The zero-order chi connectivity index (χ0) is 9.98. The van der Waals surface area contributed by atoms with Crippen molar-refractivity contribution in [2.75, 3.05) is 13.7 Å². The molecule has 3 N–H and O–H groups in total. The molecule has 0 radical (unpaired) electrons. The summed E-state index contributed by atoms with van der Waals surface area (Å²) < 4.78 is 0. The summed E-state index contributed by atoms with van der Waals surface area (Å²) in [5.41, 5.74) is 0. The molecule has 0 fully saturated rings. The van der Waals surface area contributed by atoms with Crippen molar-refractivity contribution < 1.29 is 15.3 Å². The number of rotatable bonds is 5. The van der Waals surface area contributed by atoms with Gasteiger partial charge in [0.15, 0.2) is 0 Å². The van der Waals surface area contributed by atoms with Crippen LogP contribution in [0.25, 0.3) is 0 Å². The van der Waals surface area contributed by atoms with E-state index in [0.29, 0.717) is 0 Å². The first kappa shape index (κ1) is 14.4. The maximum absolute atomic E-state index is 9.20. The molecular formula is C9H22O3. The highest BCUT2D eigenvalue weighted by molar-refractivity contribution is 4.65. The van der Waals surface area contributed by atoms with Crippen molar-refractivity contribution in [2.45, 2.75) is 39.2 Å². The zero-order valence-electron chi connectivity index (χ0n) is 8.32. The molecule has 0 aromatic rings. The van der Waals surface area contributed by atoms with E-state index in [1.165, 1.54) is 0 Å². The minimum Gasteiger partial charge on any atom is -0.400 e. The summed E-state index contributed by atoms with van der Waals surface area (Å²) in [6, 6.07) is 0. The summed E-state index contributed by atoms with van der Waals surface area (Å²) in [5, 5.41) is 24.8. The van der Waals surface area contributed by atoms with E-state index in [1.54, 1.807) is 0 Å². The molecule has 0 aliphatic rings. The number of aliphatic hydroxyl groups is 3. The quantitative estimate of drug-likeness (QED) is 0.583. The average molecular weight is 178 g/mol. The molecule has 0 saturated heterocycles. The van der Waals surface area contributed by atoms with E-state index >= 15 is 0 Å². The van der Waals surface area contributed by atoms with Gasteiger partial charge in [0.2, 0.25) is 0 Å². The smallest absolute Gasteiger partial charge is 0.0798 e. The number of aliphatic hydroxyl groups excluding tert-OH is 3. The summed E-state index contributed by atoms with van der Waals surface area (Å²) in [6.07, 6.45) is 2.54. The summed E-state index contributed by atoms with van der Waals surface area (Å²) in [4.78, 5) is 0. The van der Waals surface area contributed by atoms with Gasteiger partial charge in [-0.05, 0) is 12.3 Å². The Morgan fingerprint density at radius 1 is 1.17 bits per heavy atom. The van der Waals surface area contributed by atoms with Crippen molar-refractivity contribution in [3.63, 3.8) is 0 Å². The lowest BCUT2D eigenvalue weighted by Crippen LogP contribution is -2.23. The Labute approximate surface area is 75.0 Å². The molecule has 0 aliphatic heterocycles.